The minimum absolute atomic E-state index is 0.0697. The third-order valence-electron chi connectivity index (χ3n) is 5.88. The molecular weight excluding hydrogens is 317 g/mol. The lowest BCUT2D eigenvalue weighted by molar-refractivity contribution is -0.135. The molecule has 2 aliphatic carbocycles. The van der Waals surface area contributed by atoms with Gasteiger partial charge in [-0.05, 0) is 86.8 Å². The molecule has 0 N–H and O–H groups in total. The van der Waals surface area contributed by atoms with Crippen LogP contribution in [0.15, 0.2) is 12.1 Å². The molecule has 5 heteroatoms. The fraction of sp³-hybridized carbons (Fsp3) is 0.632. The number of hydrogen-bond donors (Lipinski definition) is 0. The summed E-state index contributed by atoms with van der Waals surface area (Å²) >= 11 is 0. The monoisotopic (exact) mass is 340 g/mol. The maximum absolute atomic E-state index is 13.4. The quantitative estimate of drug-likeness (QED) is 0.562. The van der Waals surface area contributed by atoms with Gasteiger partial charge in [0.2, 0.25) is 0 Å². The summed E-state index contributed by atoms with van der Waals surface area (Å²) in [4.78, 5) is 10.4. The molecule has 2 saturated carbocycles. The molecule has 0 bridgehead atoms. The molecule has 1 aromatic carbocycles. The number of benzene rings is 1. The standard InChI is InChI=1S/C19H23F3O2/c20-17-9-15(10-18(21)19(17)22)14-3-1-12(2-4-14)13-5-7-16(8-6-13)24-11-23/h9-14,16H,1-8H2. The number of rotatable bonds is 4. The molecule has 0 atom stereocenters. The molecule has 0 unspecified atom stereocenters. The molecule has 1 aromatic rings. The number of carbonyl (C=O) groups is 1. The normalized spacial score (nSPS) is 30.8. The lowest BCUT2D eigenvalue weighted by atomic mass is 9.69. The van der Waals surface area contributed by atoms with Gasteiger partial charge in [-0.2, -0.15) is 0 Å². The van der Waals surface area contributed by atoms with E-state index in [4.69, 9.17) is 4.74 Å². The zero-order valence-corrected chi connectivity index (χ0v) is 13.6. The second-order valence-electron chi connectivity index (χ2n) is 7.18. The predicted octanol–water partition coefficient (Wildman–Crippen LogP) is 5.11. The minimum atomic E-state index is -1.39. The van der Waals surface area contributed by atoms with Crippen molar-refractivity contribution in [2.75, 3.05) is 0 Å². The van der Waals surface area contributed by atoms with E-state index in [9.17, 15) is 18.0 Å². The first-order chi connectivity index (χ1) is 11.6. The highest BCUT2D eigenvalue weighted by molar-refractivity contribution is 5.37. The molecule has 0 aliphatic heterocycles. The van der Waals surface area contributed by atoms with Crippen LogP contribution in [0.1, 0.15) is 62.8 Å². The molecule has 0 amide bonds. The Labute approximate surface area is 140 Å². The number of hydrogen-bond acceptors (Lipinski definition) is 2. The molecule has 3 rings (SSSR count). The highest BCUT2D eigenvalue weighted by Gasteiger charge is 2.32. The Morgan fingerprint density at radius 1 is 0.833 bits per heavy atom. The fourth-order valence-corrected chi connectivity index (χ4v) is 4.51. The van der Waals surface area contributed by atoms with Gasteiger partial charge in [0.05, 0.1) is 0 Å². The molecule has 0 spiro atoms. The van der Waals surface area contributed by atoms with Gasteiger partial charge in [0.1, 0.15) is 6.10 Å². The van der Waals surface area contributed by atoms with Gasteiger partial charge < -0.3 is 4.74 Å². The SMILES string of the molecule is O=COC1CCC(C2CCC(c3cc(F)c(F)c(F)c3)CC2)CC1. The summed E-state index contributed by atoms with van der Waals surface area (Å²) in [6.07, 6.45) is 7.93. The van der Waals surface area contributed by atoms with Crippen LogP contribution in [0, 0.1) is 29.3 Å². The van der Waals surface area contributed by atoms with E-state index in [-0.39, 0.29) is 12.0 Å². The van der Waals surface area contributed by atoms with E-state index in [1.165, 1.54) is 0 Å². The highest BCUT2D eigenvalue weighted by atomic mass is 19.2. The van der Waals surface area contributed by atoms with Gasteiger partial charge in [-0.15, -0.1) is 0 Å². The Morgan fingerprint density at radius 3 is 1.83 bits per heavy atom. The summed E-state index contributed by atoms with van der Waals surface area (Å²) in [5, 5.41) is 0. The second kappa shape index (κ2) is 7.58. The summed E-state index contributed by atoms with van der Waals surface area (Å²) in [6.45, 7) is 0.539. The van der Waals surface area contributed by atoms with Crippen LogP contribution in [-0.2, 0) is 9.53 Å². The van der Waals surface area contributed by atoms with Crippen LogP contribution in [0.4, 0.5) is 13.2 Å². The molecule has 2 aliphatic rings. The van der Waals surface area contributed by atoms with E-state index < -0.39 is 17.5 Å². The first-order valence-corrected chi connectivity index (χ1v) is 8.82. The van der Waals surface area contributed by atoms with Crippen molar-refractivity contribution < 1.29 is 22.7 Å². The van der Waals surface area contributed by atoms with Gasteiger partial charge in [0, 0.05) is 0 Å². The molecule has 0 radical (unpaired) electrons. The summed E-state index contributed by atoms with van der Waals surface area (Å²) in [5.74, 6) is -2.18. The van der Waals surface area contributed by atoms with Gasteiger partial charge in [-0.3, -0.25) is 4.79 Å². The first-order valence-electron chi connectivity index (χ1n) is 8.82. The summed E-state index contributed by atoms with van der Waals surface area (Å²) < 4.78 is 45.0. The Kier molecular flexibility index (Phi) is 5.47. The van der Waals surface area contributed by atoms with Crippen LogP contribution < -0.4 is 0 Å². The van der Waals surface area contributed by atoms with Crippen LogP contribution in [0.2, 0.25) is 0 Å². The molecule has 0 heterocycles. The van der Waals surface area contributed by atoms with Crippen LogP contribution >= 0.6 is 0 Å². The third-order valence-corrected chi connectivity index (χ3v) is 5.88. The van der Waals surface area contributed by atoms with Gasteiger partial charge in [0.25, 0.3) is 6.47 Å². The zero-order chi connectivity index (χ0) is 17.1. The van der Waals surface area contributed by atoms with Crippen molar-refractivity contribution in [3.63, 3.8) is 0 Å². The summed E-state index contributed by atoms with van der Waals surface area (Å²) in [7, 11) is 0. The largest absolute Gasteiger partial charge is 0.465 e. The number of halogens is 3. The fourth-order valence-electron chi connectivity index (χ4n) is 4.51. The van der Waals surface area contributed by atoms with Gasteiger partial charge in [0.15, 0.2) is 17.5 Å². The Balaban J connectivity index is 1.54. The van der Waals surface area contributed by atoms with Crippen LogP contribution in [-0.4, -0.2) is 12.6 Å². The van der Waals surface area contributed by atoms with E-state index >= 15 is 0 Å². The second-order valence-corrected chi connectivity index (χ2v) is 7.18. The molecular formula is C19H23F3O2. The van der Waals surface area contributed by atoms with Crippen LogP contribution in [0.25, 0.3) is 0 Å². The Morgan fingerprint density at radius 2 is 1.33 bits per heavy atom. The summed E-state index contributed by atoms with van der Waals surface area (Å²) in [5.41, 5.74) is 0.577. The van der Waals surface area contributed by atoms with Crippen molar-refractivity contribution in [2.24, 2.45) is 11.8 Å². The van der Waals surface area contributed by atoms with E-state index in [1.54, 1.807) is 0 Å². The number of carbonyl (C=O) groups excluding carboxylic acids is 1. The molecule has 0 saturated heterocycles. The van der Waals surface area contributed by atoms with Crippen molar-refractivity contribution in [3.8, 4) is 0 Å². The lowest BCUT2D eigenvalue weighted by Gasteiger charge is -2.37. The average Bonchev–Trinajstić information content (AvgIpc) is 2.60. The van der Waals surface area contributed by atoms with Crippen molar-refractivity contribution >= 4 is 6.47 Å². The lowest BCUT2D eigenvalue weighted by Crippen LogP contribution is -2.28. The van der Waals surface area contributed by atoms with E-state index in [1.807, 2.05) is 0 Å². The number of ether oxygens (including phenoxy) is 1. The van der Waals surface area contributed by atoms with E-state index in [2.05, 4.69) is 0 Å². The van der Waals surface area contributed by atoms with Crippen LogP contribution in [0.3, 0.4) is 0 Å². The van der Waals surface area contributed by atoms with Gasteiger partial charge >= 0.3 is 0 Å². The molecule has 0 aromatic heterocycles. The zero-order valence-electron chi connectivity index (χ0n) is 13.6. The smallest absolute Gasteiger partial charge is 0.293 e. The average molecular weight is 340 g/mol. The van der Waals surface area contributed by atoms with Gasteiger partial charge in [-0.25, -0.2) is 13.2 Å². The highest BCUT2D eigenvalue weighted by Crippen LogP contribution is 2.43. The van der Waals surface area contributed by atoms with E-state index in [0.29, 0.717) is 23.9 Å². The van der Waals surface area contributed by atoms with Crippen LogP contribution in [0.5, 0.6) is 0 Å². The maximum Gasteiger partial charge on any atom is 0.293 e. The van der Waals surface area contributed by atoms with Crippen molar-refractivity contribution in [3.05, 3.63) is 35.1 Å². The van der Waals surface area contributed by atoms with Crippen molar-refractivity contribution in [2.45, 2.75) is 63.4 Å². The van der Waals surface area contributed by atoms with Crippen molar-refractivity contribution in [1.29, 1.82) is 0 Å². The maximum atomic E-state index is 13.4. The molecule has 2 fully saturated rings. The minimum Gasteiger partial charge on any atom is -0.465 e. The van der Waals surface area contributed by atoms with Crippen molar-refractivity contribution in [1.82, 2.24) is 0 Å². The molecule has 24 heavy (non-hydrogen) atoms. The van der Waals surface area contributed by atoms with E-state index in [0.717, 1.165) is 63.5 Å². The third kappa shape index (κ3) is 3.76. The Hall–Kier alpha value is -1.52. The molecule has 132 valence electrons. The summed E-state index contributed by atoms with van der Waals surface area (Å²) in [6, 6.07) is 2.29. The molecule has 2 nitrogen and oxygen atoms in total. The topological polar surface area (TPSA) is 26.3 Å². The van der Waals surface area contributed by atoms with Gasteiger partial charge in [-0.1, -0.05) is 0 Å². The Bertz CT molecular complexity index is 551. The predicted molar refractivity (Wildman–Crippen MR) is 83.9 cm³/mol. The first kappa shape index (κ1) is 17.3.